The standard InChI is InChI=1S/C28H52N4O14/c1-27(2)12-20(30-24(40)44-15-22(38)17-46-26(42)32(6-10-35)7-11-36)13-28(3,18-27)19-29-23(39)43-14-21(37)16-45-25(41)31(4-8-33)5-9-34/h20-22,33-38H,4-19H2,1-3H3,(H,29,39)(H,30,40). The van der Waals surface area contributed by atoms with Crippen LogP contribution in [0.15, 0.2) is 0 Å². The van der Waals surface area contributed by atoms with E-state index >= 15 is 0 Å². The molecule has 268 valence electrons. The van der Waals surface area contributed by atoms with Gasteiger partial charge in [-0.3, -0.25) is 0 Å². The van der Waals surface area contributed by atoms with E-state index in [1.165, 1.54) is 0 Å². The molecule has 1 fully saturated rings. The zero-order valence-corrected chi connectivity index (χ0v) is 26.9. The number of alkyl carbamates (subject to hydrolysis) is 2. The summed E-state index contributed by atoms with van der Waals surface area (Å²) in [5, 5.41) is 61.5. The SMILES string of the molecule is CC1(C)CC(NC(=O)OCC(O)COC(=O)N(CCO)CCO)CC(C)(CNC(=O)OCC(O)COC(=O)N(CCO)CCO)C1. The Bertz CT molecular complexity index is 930. The topological polar surface area (TPSA) is 257 Å². The lowest BCUT2D eigenvalue weighted by Gasteiger charge is -2.46. The number of nitrogens with zero attached hydrogens (tertiary/aromatic N) is 2. The average Bonchev–Trinajstić information content (AvgIpc) is 2.98. The first-order chi connectivity index (χ1) is 21.7. The molecule has 8 N–H and O–H groups in total. The zero-order chi connectivity index (χ0) is 34.8. The molecule has 0 saturated heterocycles. The summed E-state index contributed by atoms with van der Waals surface area (Å²) >= 11 is 0. The average molecular weight is 669 g/mol. The zero-order valence-electron chi connectivity index (χ0n) is 26.9. The molecule has 4 unspecified atom stereocenters. The molecule has 1 aliphatic rings. The molecule has 1 saturated carbocycles. The molecule has 1 aliphatic carbocycles. The Balaban J connectivity index is 2.49. The maximum Gasteiger partial charge on any atom is 0.410 e. The number of carbonyl (C=O) groups excluding carboxylic acids is 4. The van der Waals surface area contributed by atoms with E-state index in [0.717, 1.165) is 9.80 Å². The summed E-state index contributed by atoms with van der Waals surface area (Å²) in [6, 6.07) is -0.327. The first kappa shape index (κ1) is 40.9. The maximum atomic E-state index is 12.5. The normalized spacial score (nSPS) is 20.1. The van der Waals surface area contributed by atoms with E-state index in [0.29, 0.717) is 19.3 Å². The second-order valence-electron chi connectivity index (χ2n) is 12.3. The van der Waals surface area contributed by atoms with Crippen LogP contribution in [0, 0.1) is 10.8 Å². The van der Waals surface area contributed by atoms with Crippen LogP contribution in [0.2, 0.25) is 0 Å². The molecule has 0 spiro atoms. The minimum Gasteiger partial charge on any atom is -0.447 e. The number of aliphatic hydroxyl groups is 6. The number of rotatable bonds is 19. The lowest BCUT2D eigenvalue weighted by molar-refractivity contribution is 0.00633. The highest BCUT2D eigenvalue weighted by atomic mass is 16.6. The molecule has 18 nitrogen and oxygen atoms in total. The lowest BCUT2D eigenvalue weighted by atomic mass is 9.62. The molecule has 0 aromatic heterocycles. The smallest absolute Gasteiger partial charge is 0.410 e. The van der Waals surface area contributed by atoms with Crippen LogP contribution in [0.5, 0.6) is 0 Å². The number of ether oxygens (including phenoxy) is 4. The number of hydrogen-bond acceptors (Lipinski definition) is 14. The van der Waals surface area contributed by atoms with Gasteiger partial charge in [-0.25, -0.2) is 19.2 Å². The van der Waals surface area contributed by atoms with Gasteiger partial charge in [0.1, 0.15) is 38.6 Å². The summed E-state index contributed by atoms with van der Waals surface area (Å²) in [5.74, 6) is 0. The number of amides is 4. The van der Waals surface area contributed by atoms with E-state index in [4.69, 9.17) is 39.4 Å². The molecular weight excluding hydrogens is 616 g/mol. The van der Waals surface area contributed by atoms with Gasteiger partial charge < -0.3 is 70.0 Å². The van der Waals surface area contributed by atoms with Gasteiger partial charge in [0, 0.05) is 38.8 Å². The fourth-order valence-electron chi connectivity index (χ4n) is 5.44. The quantitative estimate of drug-likeness (QED) is 0.0736. The molecule has 0 bridgehead atoms. The van der Waals surface area contributed by atoms with Crippen LogP contribution >= 0.6 is 0 Å². The van der Waals surface area contributed by atoms with Crippen LogP contribution in [-0.4, -0.2) is 169 Å². The van der Waals surface area contributed by atoms with E-state index in [1.54, 1.807) is 0 Å². The number of hydrogen-bond donors (Lipinski definition) is 8. The number of aliphatic hydroxyl groups excluding tert-OH is 6. The van der Waals surface area contributed by atoms with Crippen molar-refractivity contribution >= 4 is 24.4 Å². The van der Waals surface area contributed by atoms with E-state index in [-0.39, 0.29) is 70.6 Å². The molecule has 4 amide bonds. The Morgan fingerprint density at radius 3 is 1.54 bits per heavy atom. The van der Waals surface area contributed by atoms with Gasteiger partial charge in [-0.15, -0.1) is 0 Å². The predicted molar refractivity (Wildman–Crippen MR) is 160 cm³/mol. The van der Waals surface area contributed by atoms with Gasteiger partial charge in [-0.2, -0.15) is 0 Å². The van der Waals surface area contributed by atoms with E-state index in [2.05, 4.69) is 10.6 Å². The van der Waals surface area contributed by atoms with Gasteiger partial charge in [0.2, 0.25) is 0 Å². The summed E-state index contributed by atoms with van der Waals surface area (Å²) < 4.78 is 20.0. The fourth-order valence-corrected chi connectivity index (χ4v) is 5.44. The van der Waals surface area contributed by atoms with Gasteiger partial charge in [-0.1, -0.05) is 20.8 Å². The Morgan fingerprint density at radius 2 is 1.11 bits per heavy atom. The van der Waals surface area contributed by atoms with Gasteiger partial charge in [-0.05, 0) is 30.1 Å². The largest absolute Gasteiger partial charge is 0.447 e. The highest BCUT2D eigenvalue weighted by molar-refractivity contribution is 5.69. The van der Waals surface area contributed by atoms with Crippen molar-refractivity contribution < 1.29 is 68.8 Å². The first-order valence-electron chi connectivity index (χ1n) is 15.1. The molecule has 0 radical (unpaired) electrons. The van der Waals surface area contributed by atoms with Crippen LogP contribution in [0.3, 0.4) is 0 Å². The van der Waals surface area contributed by atoms with E-state index in [1.807, 2.05) is 20.8 Å². The third-order valence-electron chi connectivity index (χ3n) is 7.03. The summed E-state index contributed by atoms with van der Waals surface area (Å²) in [7, 11) is 0. The van der Waals surface area contributed by atoms with Crippen molar-refractivity contribution in [1.29, 1.82) is 0 Å². The summed E-state index contributed by atoms with van der Waals surface area (Å²) in [6.45, 7) is 2.82. The Morgan fingerprint density at radius 1 is 0.696 bits per heavy atom. The minimum atomic E-state index is -1.30. The highest BCUT2D eigenvalue weighted by Crippen LogP contribution is 2.45. The fraction of sp³-hybridized carbons (Fsp3) is 0.857. The Kier molecular flexibility index (Phi) is 18.5. The van der Waals surface area contributed by atoms with Crippen molar-refractivity contribution in [3.63, 3.8) is 0 Å². The number of nitrogens with one attached hydrogen (secondary N) is 2. The molecular formula is C28H52N4O14. The Hall–Kier alpha value is -3.16. The minimum absolute atomic E-state index is 0.0525. The van der Waals surface area contributed by atoms with Crippen LogP contribution in [-0.2, 0) is 18.9 Å². The molecule has 0 heterocycles. The van der Waals surface area contributed by atoms with Crippen LogP contribution < -0.4 is 10.6 Å². The molecule has 4 atom stereocenters. The second-order valence-corrected chi connectivity index (χ2v) is 12.3. The van der Waals surface area contributed by atoms with E-state index < -0.39 is 68.4 Å². The van der Waals surface area contributed by atoms with Gasteiger partial charge in [0.15, 0.2) is 0 Å². The van der Waals surface area contributed by atoms with Crippen molar-refractivity contribution in [2.24, 2.45) is 10.8 Å². The second kappa shape index (κ2) is 20.9. The van der Waals surface area contributed by atoms with Crippen molar-refractivity contribution in [3.8, 4) is 0 Å². The summed E-state index contributed by atoms with van der Waals surface area (Å²) in [6.07, 6.45) is -4.07. The van der Waals surface area contributed by atoms with Crippen molar-refractivity contribution in [1.82, 2.24) is 20.4 Å². The van der Waals surface area contributed by atoms with Crippen molar-refractivity contribution in [2.75, 3.05) is 85.6 Å². The highest BCUT2D eigenvalue weighted by Gasteiger charge is 2.42. The monoisotopic (exact) mass is 668 g/mol. The molecule has 0 aromatic rings. The summed E-state index contributed by atoms with van der Waals surface area (Å²) in [4.78, 5) is 50.9. The molecule has 0 aliphatic heterocycles. The summed E-state index contributed by atoms with van der Waals surface area (Å²) in [5.41, 5.74) is -0.683. The van der Waals surface area contributed by atoms with Crippen LogP contribution in [0.4, 0.5) is 19.2 Å². The third kappa shape index (κ3) is 16.4. The number of carbonyl (C=O) groups is 4. The van der Waals surface area contributed by atoms with Crippen LogP contribution in [0.1, 0.15) is 40.0 Å². The Labute approximate surface area is 268 Å². The van der Waals surface area contributed by atoms with Gasteiger partial charge >= 0.3 is 24.4 Å². The van der Waals surface area contributed by atoms with E-state index in [9.17, 15) is 29.4 Å². The molecule has 1 rings (SSSR count). The van der Waals surface area contributed by atoms with Gasteiger partial charge in [0.25, 0.3) is 0 Å². The van der Waals surface area contributed by atoms with Crippen LogP contribution in [0.25, 0.3) is 0 Å². The lowest BCUT2D eigenvalue weighted by Crippen LogP contribution is -2.50. The van der Waals surface area contributed by atoms with Gasteiger partial charge in [0.05, 0.1) is 26.4 Å². The molecule has 0 aromatic carbocycles. The third-order valence-corrected chi connectivity index (χ3v) is 7.03. The van der Waals surface area contributed by atoms with Crippen molar-refractivity contribution in [2.45, 2.75) is 58.3 Å². The molecule has 18 heteroatoms. The van der Waals surface area contributed by atoms with Crippen molar-refractivity contribution in [3.05, 3.63) is 0 Å². The first-order valence-corrected chi connectivity index (χ1v) is 15.1. The maximum absolute atomic E-state index is 12.5. The molecule has 46 heavy (non-hydrogen) atoms. The predicted octanol–water partition coefficient (Wildman–Crippen LogP) is -1.41.